The maximum absolute atomic E-state index is 15.0. The van der Waals surface area contributed by atoms with E-state index in [4.69, 9.17) is 0 Å². The zero-order valence-electron chi connectivity index (χ0n) is 19.3. The molecule has 2 aromatic carbocycles. The number of halogens is 1. The van der Waals surface area contributed by atoms with Crippen molar-refractivity contribution in [2.24, 2.45) is 0 Å². The Kier molecular flexibility index (Phi) is 7.22. The van der Waals surface area contributed by atoms with E-state index in [1.807, 2.05) is 0 Å². The Bertz CT molecular complexity index is 1450. The van der Waals surface area contributed by atoms with Gasteiger partial charge in [0.1, 0.15) is 10.8 Å². The van der Waals surface area contributed by atoms with E-state index >= 15 is 0 Å². The molecule has 1 fully saturated rings. The average Bonchev–Trinajstić information content (AvgIpc) is 3.53. The largest absolute Gasteiger partial charge is 0.453 e. The second kappa shape index (κ2) is 10.2. The topological polar surface area (TPSA) is 144 Å². The molecule has 10 nitrogen and oxygen atoms in total. The molecule has 0 bridgehead atoms. The Morgan fingerprint density at radius 3 is 2.64 bits per heavy atom. The SMILES string of the molecule is COC(=O)Nc1cccc(-c2cc3sc(C(C(=O)NCC(=O)NC4CC4)S(C)(=O)=O)nc3cc2F)c1. The summed E-state index contributed by atoms with van der Waals surface area (Å²) in [4.78, 5) is 40.4. The minimum absolute atomic E-state index is 0.0368. The predicted molar refractivity (Wildman–Crippen MR) is 133 cm³/mol. The fraction of sp³-hybridized carbons (Fsp3) is 0.304. The summed E-state index contributed by atoms with van der Waals surface area (Å²) in [6, 6.07) is 9.21. The van der Waals surface area contributed by atoms with Crippen LogP contribution in [0.5, 0.6) is 0 Å². The van der Waals surface area contributed by atoms with Gasteiger partial charge in [0, 0.05) is 29.6 Å². The normalized spacial score (nSPS) is 14.2. The Balaban J connectivity index is 1.62. The van der Waals surface area contributed by atoms with Crippen molar-refractivity contribution in [1.82, 2.24) is 15.6 Å². The van der Waals surface area contributed by atoms with Gasteiger partial charge in [-0.25, -0.2) is 22.6 Å². The molecule has 0 aliphatic heterocycles. The number of carbonyl (C=O) groups excluding carboxylic acids is 3. The Hall–Kier alpha value is -3.58. The monoisotopic (exact) mass is 534 g/mol. The first kappa shape index (κ1) is 25.5. The molecule has 0 radical (unpaired) electrons. The van der Waals surface area contributed by atoms with Crippen molar-refractivity contribution in [2.75, 3.05) is 25.2 Å². The van der Waals surface area contributed by atoms with E-state index in [9.17, 15) is 27.2 Å². The van der Waals surface area contributed by atoms with Crippen LogP contribution < -0.4 is 16.0 Å². The van der Waals surface area contributed by atoms with Crippen LogP contribution in [-0.4, -0.2) is 57.3 Å². The summed E-state index contributed by atoms with van der Waals surface area (Å²) in [5, 5.41) is 5.88. The molecule has 1 heterocycles. The number of aromatic nitrogens is 1. The highest BCUT2D eigenvalue weighted by molar-refractivity contribution is 7.91. The van der Waals surface area contributed by atoms with Crippen LogP contribution in [0.25, 0.3) is 21.3 Å². The number of anilines is 1. The number of carbonyl (C=O) groups is 3. The van der Waals surface area contributed by atoms with E-state index in [0.29, 0.717) is 16.0 Å². The molecule has 3 N–H and O–H groups in total. The molecule has 13 heteroatoms. The summed E-state index contributed by atoms with van der Waals surface area (Å²) in [6.07, 6.45) is 1.98. The summed E-state index contributed by atoms with van der Waals surface area (Å²) < 4.78 is 45.0. The first-order chi connectivity index (χ1) is 17.0. The van der Waals surface area contributed by atoms with E-state index in [1.165, 1.54) is 13.2 Å². The van der Waals surface area contributed by atoms with E-state index in [1.54, 1.807) is 24.3 Å². The van der Waals surface area contributed by atoms with Crippen LogP contribution in [0, 0.1) is 5.82 Å². The fourth-order valence-corrected chi connectivity index (χ4v) is 6.02. The van der Waals surface area contributed by atoms with Gasteiger partial charge in [0.15, 0.2) is 15.1 Å². The van der Waals surface area contributed by atoms with Crippen molar-refractivity contribution >= 4 is 55.0 Å². The van der Waals surface area contributed by atoms with Crippen LogP contribution in [0.3, 0.4) is 0 Å². The highest BCUT2D eigenvalue weighted by Gasteiger charge is 2.34. The zero-order valence-corrected chi connectivity index (χ0v) is 21.0. The molecule has 36 heavy (non-hydrogen) atoms. The molecule has 1 aliphatic rings. The van der Waals surface area contributed by atoms with Gasteiger partial charge in [0.25, 0.3) is 0 Å². The summed E-state index contributed by atoms with van der Waals surface area (Å²) in [7, 11) is -2.73. The first-order valence-electron chi connectivity index (χ1n) is 10.9. The van der Waals surface area contributed by atoms with Crippen molar-refractivity contribution in [1.29, 1.82) is 0 Å². The third-order valence-corrected chi connectivity index (χ3v) is 7.88. The Labute approximate surface area is 210 Å². The fourth-order valence-electron chi connectivity index (χ4n) is 3.49. The zero-order chi connectivity index (χ0) is 26.0. The van der Waals surface area contributed by atoms with Crippen molar-refractivity contribution in [3.63, 3.8) is 0 Å². The van der Waals surface area contributed by atoms with Crippen LogP contribution in [0.2, 0.25) is 0 Å². The molecule has 3 aromatic rings. The van der Waals surface area contributed by atoms with Crippen molar-refractivity contribution in [2.45, 2.75) is 24.1 Å². The van der Waals surface area contributed by atoms with Crippen molar-refractivity contribution in [3.05, 3.63) is 47.2 Å². The summed E-state index contributed by atoms with van der Waals surface area (Å²) >= 11 is 0.943. The van der Waals surface area contributed by atoms with Gasteiger partial charge in [0.05, 0.1) is 23.9 Å². The first-order valence-corrected chi connectivity index (χ1v) is 13.6. The lowest BCUT2D eigenvalue weighted by Gasteiger charge is -2.12. The summed E-state index contributed by atoms with van der Waals surface area (Å²) in [5.41, 5.74) is 1.23. The summed E-state index contributed by atoms with van der Waals surface area (Å²) in [6.45, 7) is -0.360. The van der Waals surface area contributed by atoms with Gasteiger partial charge in [-0.1, -0.05) is 12.1 Å². The van der Waals surface area contributed by atoms with E-state index < -0.39 is 38.8 Å². The van der Waals surface area contributed by atoms with E-state index in [2.05, 4.69) is 25.7 Å². The van der Waals surface area contributed by atoms with Gasteiger partial charge in [0.2, 0.25) is 11.8 Å². The number of methoxy groups -OCH3 is 1. The molecule has 1 aromatic heterocycles. The number of sulfone groups is 1. The quantitative estimate of drug-likeness (QED) is 0.403. The number of nitrogens with zero attached hydrogens (tertiary/aromatic N) is 1. The molecule has 1 saturated carbocycles. The number of amides is 3. The van der Waals surface area contributed by atoms with Gasteiger partial charge < -0.3 is 15.4 Å². The van der Waals surface area contributed by atoms with Gasteiger partial charge in [-0.05, 0) is 36.6 Å². The summed E-state index contributed by atoms with van der Waals surface area (Å²) in [5.74, 6) is -1.91. The lowest BCUT2D eigenvalue weighted by molar-refractivity contribution is -0.126. The standard InChI is InChI=1S/C23H23FN4O6S2/c1-34-23(31)27-14-5-3-4-12(8-14)15-9-18-17(10-16(15)24)28-22(35-18)20(36(2,32)33)21(30)25-11-19(29)26-13-6-7-13/h3-5,8-10,13,20H,6-7,11H2,1-2H3,(H,25,30)(H,26,29)(H,27,31). The number of rotatable bonds is 8. The van der Waals surface area contributed by atoms with Crippen molar-refractivity contribution in [3.8, 4) is 11.1 Å². The van der Waals surface area contributed by atoms with E-state index in [0.717, 1.165) is 36.5 Å². The molecule has 190 valence electrons. The number of fused-ring (bicyclic) bond motifs is 1. The number of hydrogen-bond donors (Lipinski definition) is 3. The minimum atomic E-state index is -3.96. The highest BCUT2D eigenvalue weighted by Crippen LogP contribution is 2.35. The van der Waals surface area contributed by atoms with Crippen LogP contribution in [-0.2, 0) is 24.2 Å². The number of ether oxygens (including phenoxy) is 1. The van der Waals surface area contributed by atoms with Gasteiger partial charge in [-0.15, -0.1) is 11.3 Å². The van der Waals surface area contributed by atoms with Crippen LogP contribution in [0.1, 0.15) is 23.1 Å². The average molecular weight is 535 g/mol. The second-order valence-corrected chi connectivity index (χ2v) is 11.5. The molecule has 1 aliphatic carbocycles. The van der Waals surface area contributed by atoms with Crippen molar-refractivity contribution < 1.29 is 31.9 Å². The van der Waals surface area contributed by atoms with E-state index in [-0.39, 0.29) is 28.7 Å². The number of nitrogens with one attached hydrogen (secondary N) is 3. The molecular weight excluding hydrogens is 511 g/mol. The minimum Gasteiger partial charge on any atom is -0.453 e. The van der Waals surface area contributed by atoms with Gasteiger partial charge >= 0.3 is 6.09 Å². The highest BCUT2D eigenvalue weighted by atomic mass is 32.2. The second-order valence-electron chi connectivity index (χ2n) is 8.32. The molecule has 1 unspecified atom stereocenters. The number of hydrogen-bond acceptors (Lipinski definition) is 8. The third-order valence-electron chi connectivity index (χ3n) is 5.36. The van der Waals surface area contributed by atoms with Crippen LogP contribution >= 0.6 is 11.3 Å². The Morgan fingerprint density at radius 2 is 1.97 bits per heavy atom. The molecule has 3 amide bonds. The predicted octanol–water partition coefficient (Wildman–Crippen LogP) is 2.76. The van der Waals surface area contributed by atoms with Crippen LogP contribution in [0.4, 0.5) is 14.9 Å². The molecule has 0 spiro atoms. The molecular formula is C23H23FN4O6S2. The van der Waals surface area contributed by atoms with Crippen LogP contribution in [0.15, 0.2) is 36.4 Å². The Morgan fingerprint density at radius 1 is 1.22 bits per heavy atom. The lowest BCUT2D eigenvalue weighted by atomic mass is 10.0. The molecule has 4 rings (SSSR count). The number of benzene rings is 2. The third kappa shape index (κ3) is 5.97. The molecule has 1 atom stereocenters. The van der Waals surface area contributed by atoms with Gasteiger partial charge in [-0.3, -0.25) is 14.9 Å². The lowest BCUT2D eigenvalue weighted by Crippen LogP contribution is -2.41. The molecule has 0 saturated heterocycles. The van der Waals surface area contributed by atoms with Gasteiger partial charge in [-0.2, -0.15) is 0 Å². The smallest absolute Gasteiger partial charge is 0.411 e. The maximum atomic E-state index is 15.0. The number of thiazole rings is 1. The maximum Gasteiger partial charge on any atom is 0.411 e.